The highest BCUT2D eigenvalue weighted by atomic mass is 127. The minimum Gasteiger partial charge on any atom is -0.380 e. The zero-order valence-corrected chi connectivity index (χ0v) is 16.5. The summed E-state index contributed by atoms with van der Waals surface area (Å²) in [6, 6.07) is 0.377. The Hall–Kier alpha value is 0.110. The smallest absolute Gasteiger partial charge is 0.191 e. The van der Waals surface area contributed by atoms with Crippen molar-refractivity contribution < 1.29 is 8.95 Å². The molecule has 1 aliphatic rings. The third-order valence-electron chi connectivity index (χ3n) is 3.59. The lowest BCUT2D eigenvalue weighted by Crippen LogP contribution is -2.47. The largest absolute Gasteiger partial charge is 0.380 e. The first-order chi connectivity index (χ1) is 9.71. The molecule has 0 spiro atoms. The van der Waals surface area contributed by atoms with Gasteiger partial charge in [0.15, 0.2) is 5.96 Å². The van der Waals surface area contributed by atoms with Crippen molar-refractivity contribution in [3.05, 3.63) is 0 Å². The summed E-state index contributed by atoms with van der Waals surface area (Å²) in [5, 5.41) is 7.03. The Bertz CT molecular complexity index is 329. The van der Waals surface area contributed by atoms with E-state index in [0.717, 1.165) is 50.5 Å². The van der Waals surface area contributed by atoms with E-state index in [1.165, 1.54) is 0 Å². The van der Waals surface area contributed by atoms with Crippen LogP contribution >= 0.6 is 24.0 Å². The molecule has 0 aliphatic heterocycles. The van der Waals surface area contributed by atoms with E-state index in [0.29, 0.717) is 17.9 Å². The molecule has 126 valence electrons. The molecule has 1 fully saturated rings. The van der Waals surface area contributed by atoms with E-state index in [1.54, 1.807) is 7.05 Å². The van der Waals surface area contributed by atoms with Crippen molar-refractivity contribution in [1.82, 2.24) is 10.6 Å². The average molecular weight is 431 g/mol. The number of guanidine groups is 1. The van der Waals surface area contributed by atoms with E-state index >= 15 is 0 Å². The number of hydrogen-bond acceptors (Lipinski definition) is 3. The van der Waals surface area contributed by atoms with Gasteiger partial charge in [0.2, 0.25) is 0 Å². The molecule has 5 nitrogen and oxygen atoms in total. The number of ether oxygens (including phenoxy) is 1. The van der Waals surface area contributed by atoms with Crippen LogP contribution in [0, 0.1) is 0 Å². The zero-order chi connectivity index (χ0) is 14.8. The maximum absolute atomic E-state index is 11.9. The molecule has 0 aromatic heterocycles. The fraction of sp³-hybridized carbons (Fsp3) is 0.929. The van der Waals surface area contributed by atoms with E-state index < -0.39 is 10.8 Å². The first kappa shape index (κ1) is 21.1. The Morgan fingerprint density at radius 1 is 1.38 bits per heavy atom. The Morgan fingerprint density at radius 2 is 2.14 bits per heavy atom. The van der Waals surface area contributed by atoms with Crippen molar-refractivity contribution in [1.29, 1.82) is 0 Å². The maximum Gasteiger partial charge on any atom is 0.191 e. The molecule has 0 amide bonds. The molecule has 0 saturated heterocycles. The Labute approximate surface area is 148 Å². The average Bonchev–Trinajstić information content (AvgIpc) is 2.49. The molecule has 0 radical (unpaired) electrons. The van der Waals surface area contributed by atoms with Gasteiger partial charge in [0.25, 0.3) is 0 Å². The standard InChI is InChI=1S/C14H29N3O2S.HI/c1-4-19-10-9-16-14(15-3)17-12-7-6-8-13(11-12)20(18)5-2;/h12-13H,4-11H2,1-3H3,(H2,15,16,17);1H. The van der Waals surface area contributed by atoms with E-state index in [9.17, 15) is 4.21 Å². The molecular formula is C14H30IN3O2S. The van der Waals surface area contributed by atoms with Crippen LogP contribution in [0.25, 0.3) is 0 Å². The first-order valence-electron chi connectivity index (χ1n) is 7.63. The number of rotatable bonds is 7. The molecule has 0 bridgehead atoms. The summed E-state index contributed by atoms with van der Waals surface area (Å²) in [5.41, 5.74) is 0. The molecule has 1 aliphatic carbocycles. The van der Waals surface area contributed by atoms with E-state index in [-0.39, 0.29) is 24.0 Å². The predicted molar refractivity (Wildman–Crippen MR) is 101 cm³/mol. The van der Waals surface area contributed by atoms with Gasteiger partial charge in [-0.2, -0.15) is 0 Å². The fourth-order valence-electron chi connectivity index (χ4n) is 2.52. The highest BCUT2D eigenvalue weighted by Crippen LogP contribution is 2.22. The van der Waals surface area contributed by atoms with Crippen LogP contribution in [0.5, 0.6) is 0 Å². The summed E-state index contributed by atoms with van der Waals surface area (Å²) >= 11 is 0. The Kier molecular flexibility index (Phi) is 12.7. The monoisotopic (exact) mass is 431 g/mol. The van der Waals surface area contributed by atoms with Crippen molar-refractivity contribution in [2.24, 2.45) is 4.99 Å². The Balaban J connectivity index is 0.00000400. The highest BCUT2D eigenvalue weighted by molar-refractivity contribution is 14.0. The van der Waals surface area contributed by atoms with Crippen molar-refractivity contribution in [2.45, 2.75) is 50.8 Å². The zero-order valence-electron chi connectivity index (χ0n) is 13.4. The van der Waals surface area contributed by atoms with Gasteiger partial charge in [-0.05, 0) is 26.2 Å². The van der Waals surface area contributed by atoms with Crippen LogP contribution in [0.3, 0.4) is 0 Å². The van der Waals surface area contributed by atoms with E-state index in [1.807, 2.05) is 13.8 Å². The van der Waals surface area contributed by atoms with Gasteiger partial charge in [0.05, 0.1) is 6.61 Å². The normalized spacial score (nSPS) is 24.0. The van der Waals surface area contributed by atoms with Crippen LogP contribution in [0.2, 0.25) is 0 Å². The highest BCUT2D eigenvalue weighted by Gasteiger charge is 2.25. The lowest BCUT2D eigenvalue weighted by molar-refractivity contribution is 0.152. The molecule has 0 aromatic rings. The molecule has 0 heterocycles. The van der Waals surface area contributed by atoms with Crippen molar-refractivity contribution in [2.75, 3.05) is 32.6 Å². The topological polar surface area (TPSA) is 62.7 Å². The number of hydrogen-bond donors (Lipinski definition) is 2. The van der Waals surface area contributed by atoms with Crippen molar-refractivity contribution in [3.8, 4) is 0 Å². The molecule has 3 unspecified atom stereocenters. The molecule has 2 N–H and O–H groups in total. The fourth-order valence-corrected chi connectivity index (χ4v) is 3.87. The quantitative estimate of drug-likeness (QED) is 0.280. The van der Waals surface area contributed by atoms with Crippen molar-refractivity contribution in [3.63, 3.8) is 0 Å². The second-order valence-corrected chi connectivity index (χ2v) is 7.00. The molecule has 0 aromatic carbocycles. The summed E-state index contributed by atoms with van der Waals surface area (Å²) in [6.45, 7) is 6.17. The van der Waals surface area contributed by atoms with Gasteiger partial charge in [-0.25, -0.2) is 0 Å². The summed E-state index contributed by atoms with van der Waals surface area (Å²) in [7, 11) is 1.10. The minimum absolute atomic E-state index is 0. The van der Waals surface area contributed by atoms with Gasteiger partial charge >= 0.3 is 0 Å². The van der Waals surface area contributed by atoms with Gasteiger partial charge in [-0.15, -0.1) is 24.0 Å². The van der Waals surface area contributed by atoms with Gasteiger partial charge in [0, 0.05) is 48.0 Å². The summed E-state index contributed by atoms with van der Waals surface area (Å²) in [4.78, 5) is 4.23. The van der Waals surface area contributed by atoms with Crippen LogP contribution in [0.4, 0.5) is 0 Å². The Morgan fingerprint density at radius 3 is 2.76 bits per heavy atom. The van der Waals surface area contributed by atoms with Crippen LogP contribution in [0.15, 0.2) is 4.99 Å². The van der Waals surface area contributed by atoms with Gasteiger partial charge in [0.1, 0.15) is 0 Å². The van der Waals surface area contributed by atoms with E-state index in [2.05, 4.69) is 15.6 Å². The molecule has 3 atom stereocenters. The summed E-state index contributed by atoms with van der Waals surface area (Å²) in [6.07, 6.45) is 4.34. The molecule has 21 heavy (non-hydrogen) atoms. The van der Waals surface area contributed by atoms with Crippen LogP contribution in [-0.4, -0.2) is 54.0 Å². The molecule has 1 saturated carbocycles. The van der Waals surface area contributed by atoms with Crippen LogP contribution < -0.4 is 10.6 Å². The van der Waals surface area contributed by atoms with Crippen LogP contribution in [0.1, 0.15) is 39.5 Å². The lowest BCUT2D eigenvalue weighted by Gasteiger charge is -2.30. The minimum atomic E-state index is -0.679. The molecule has 7 heteroatoms. The maximum atomic E-state index is 11.9. The first-order valence-corrected chi connectivity index (χ1v) is 9.01. The summed E-state index contributed by atoms with van der Waals surface area (Å²) < 4.78 is 17.2. The number of halogens is 1. The lowest BCUT2D eigenvalue weighted by atomic mass is 9.95. The summed E-state index contributed by atoms with van der Waals surface area (Å²) in [5.74, 6) is 1.58. The van der Waals surface area contributed by atoms with Gasteiger partial charge < -0.3 is 15.4 Å². The predicted octanol–water partition coefficient (Wildman–Crippen LogP) is 1.89. The van der Waals surface area contributed by atoms with Gasteiger partial charge in [-0.3, -0.25) is 9.20 Å². The third-order valence-corrected chi connectivity index (χ3v) is 5.33. The second-order valence-electron chi connectivity index (χ2n) is 5.00. The number of aliphatic imine (C=N–C) groups is 1. The number of nitrogens with zero attached hydrogens (tertiary/aromatic N) is 1. The molecule has 1 rings (SSSR count). The number of nitrogens with one attached hydrogen (secondary N) is 2. The van der Waals surface area contributed by atoms with Crippen LogP contribution in [-0.2, 0) is 15.5 Å². The van der Waals surface area contributed by atoms with Crippen molar-refractivity contribution >= 4 is 40.7 Å². The SMILES string of the molecule is CCOCCNC(=NC)NC1CCCC(S(=O)CC)C1.I. The molecular weight excluding hydrogens is 401 g/mol. The second kappa shape index (κ2) is 12.6. The van der Waals surface area contributed by atoms with Gasteiger partial charge in [-0.1, -0.05) is 13.3 Å². The third kappa shape index (κ3) is 8.35. The van der Waals surface area contributed by atoms with E-state index in [4.69, 9.17) is 4.74 Å².